The molecule has 0 atom stereocenters. The van der Waals surface area contributed by atoms with E-state index in [0.29, 0.717) is 11.1 Å². The van der Waals surface area contributed by atoms with E-state index in [1.54, 1.807) is 25.1 Å². The molecule has 0 spiro atoms. The first-order valence-electron chi connectivity index (χ1n) is 5.91. The molecule has 20 heavy (non-hydrogen) atoms. The molecule has 4 nitrogen and oxygen atoms in total. The summed E-state index contributed by atoms with van der Waals surface area (Å²) in [6.07, 6.45) is 0. The van der Waals surface area contributed by atoms with E-state index >= 15 is 0 Å². The van der Waals surface area contributed by atoms with Crippen LogP contribution in [0.2, 0.25) is 5.02 Å². The van der Waals surface area contributed by atoms with Crippen LogP contribution in [0.5, 0.6) is 0 Å². The van der Waals surface area contributed by atoms with Gasteiger partial charge in [-0.3, -0.25) is 10.1 Å². The Morgan fingerprint density at radius 3 is 2.75 bits per heavy atom. The lowest BCUT2D eigenvalue weighted by atomic mass is 10.1. The number of aryl methyl sites for hydroxylation is 1. The molecule has 0 aromatic heterocycles. The first-order chi connectivity index (χ1) is 9.49. The highest BCUT2D eigenvalue weighted by Gasteiger charge is 2.12. The maximum absolute atomic E-state index is 13.6. The zero-order chi connectivity index (χ0) is 14.7. The number of nitro groups is 1. The van der Waals surface area contributed by atoms with Gasteiger partial charge in [0.05, 0.1) is 15.6 Å². The second kappa shape index (κ2) is 5.88. The minimum absolute atomic E-state index is 0.0453. The number of anilines is 1. The van der Waals surface area contributed by atoms with E-state index in [4.69, 9.17) is 11.6 Å². The zero-order valence-electron chi connectivity index (χ0n) is 10.7. The predicted octanol–water partition coefficient (Wildman–Crippen LogP) is 4.31. The van der Waals surface area contributed by atoms with Crippen molar-refractivity contribution in [2.45, 2.75) is 13.5 Å². The molecule has 0 aliphatic carbocycles. The summed E-state index contributed by atoms with van der Waals surface area (Å²) in [6, 6.07) is 9.27. The Bertz CT molecular complexity index is 641. The topological polar surface area (TPSA) is 55.2 Å². The molecule has 0 amide bonds. The van der Waals surface area contributed by atoms with Gasteiger partial charge in [-0.15, -0.1) is 0 Å². The smallest absolute Gasteiger partial charge is 0.272 e. The van der Waals surface area contributed by atoms with Crippen molar-refractivity contribution < 1.29 is 9.31 Å². The highest BCUT2D eigenvalue weighted by molar-refractivity contribution is 6.33. The molecule has 0 bridgehead atoms. The molecule has 104 valence electrons. The molecule has 0 aliphatic heterocycles. The average molecular weight is 295 g/mol. The Balaban J connectivity index is 2.19. The lowest BCUT2D eigenvalue weighted by Crippen LogP contribution is -2.03. The summed E-state index contributed by atoms with van der Waals surface area (Å²) in [7, 11) is 0. The van der Waals surface area contributed by atoms with Gasteiger partial charge < -0.3 is 5.32 Å². The van der Waals surface area contributed by atoms with E-state index < -0.39 is 10.7 Å². The van der Waals surface area contributed by atoms with E-state index in [9.17, 15) is 14.5 Å². The summed E-state index contributed by atoms with van der Waals surface area (Å²) in [4.78, 5) is 10.4. The maximum atomic E-state index is 13.6. The number of benzene rings is 2. The molecule has 0 heterocycles. The Morgan fingerprint density at radius 2 is 2.10 bits per heavy atom. The zero-order valence-corrected chi connectivity index (χ0v) is 11.4. The first kappa shape index (κ1) is 14.3. The molecular formula is C14H12ClFN2O2. The molecule has 0 saturated heterocycles. The number of hydrogen-bond donors (Lipinski definition) is 1. The second-order valence-corrected chi connectivity index (χ2v) is 4.74. The van der Waals surface area contributed by atoms with Crippen molar-refractivity contribution in [3.63, 3.8) is 0 Å². The van der Waals surface area contributed by atoms with Crippen molar-refractivity contribution in [1.29, 1.82) is 0 Å². The van der Waals surface area contributed by atoms with Crippen LogP contribution < -0.4 is 5.32 Å². The number of halogens is 2. The van der Waals surface area contributed by atoms with Gasteiger partial charge in [-0.1, -0.05) is 29.8 Å². The van der Waals surface area contributed by atoms with Gasteiger partial charge in [-0.05, 0) is 24.6 Å². The van der Waals surface area contributed by atoms with Crippen LogP contribution in [0, 0.1) is 22.9 Å². The molecule has 2 aromatic carbocycles. The molecule has 6 heteroatoms. The largest absolute Gasteiger partial charge is 0.377 e. The van der Waals surface area contributed by atoms with Crippen LogP contribution in [0.25, 0.3) is 0 Å². The van der Waals surface area contributed by atoms with E-state index in [1.807, 2.05) is 0 Å². The molecule has 0 radical (unpaired) electrons. The summed E-state index contributed by atoms with van der Waals surface area (Å²) < 4.78 is 13.6. The van der Waals surface area contributed by atoms with E-state index in [2.05, 4.69) is 5.32 Å². The highest BCUT2D eigenvalue weighted by atomic mass is 35.5. The van der Waals surface area contributed by atoms with Crippen LogP contribution in [0.15, 0.2) is 36.4 Å². The molecule has 0 aliphatic rings. The van der Waals surface area contributed by atoms with Crippen LogP contribution in [0.4, 0.5) is 15.8 Å². The van der Waals surface area contributed by atoms with Gasteiger partial charge in [0.15, 0.2) is 0 Å². The Kier molecular flexibility index (Phi) is 4.20. The monoisotopic (exact) mass is 294 g/mol. The van der Waals surface area contributed by atoms with Gasteiger partial charge >= 0.3 is 0 Å². The normalized spacial score (nSPS) is 10.3. The molecule has 2 aromatic rings. The van der Waals surface area contributed by atoms with Gasteiger partial charge in [0.25, 0.3) is 5.69 Å². The minimum Gasteiger partial charge on any atom is -0.377 e. The fourth-order valence-electron chi connectivity index (χ4n) is 1.82. The molecular weight excluding hydrogens is 283 g/mol. The Hall–Kier alpha value is -2.14. The van der Waals surface area contributed by atoms with Gasteiger partial charge in [0.1, 0.15) is 5.82 Å². The predicted molar refractivity (Wildman–Crippen MR) is 76.6 cm³/mol. The van der Waals surface area contributed by atoms with Crippen LogP contribution in [-0.4, -0.2) is 4.92 Å². The number of rotatable bonds is 4. The van der Waals surface area contributed by atoms with E-state index in [1.165, 1.54) is 18.2 Å². The number of hydrogen-bond acceptors (Lipinski definition) is 3. The van der Waals surface area contributed by atoms with Gasteiger partial charge in [0.2, 0.25) is 0 Å². The van der Waals surface area contributed by atoms with Gasteiger partial charge in [0, 0.05) is 18.2 Å². The van der Waals surface area contributed by atoms with Crippen LogP contribution >= 0.6 is 11.6 Å². The van der Waals surface area contributed by atoms with Crippen LogP contribution in [0.1, 0.15) is 11.1 Å². The molecule has 0 fully saturated rings. The van der Waals surface area contributed by atoms with Crippen molar-refractivity contribution in [3.8, 4) is 0 Å². The summed E-state index contributed by atoms with van der Waals surface area (Å²) >= 11 is 5.89. The van der Waals surface area contributed by atoms with Crippen molar-refractivity contribution in [2.75, 3.05) is 5.32 Å². The van der Waals surface area contributed by atoms with E-state index in [-0.39, 0.29) is 22.9 Å². The quantitative estimate of drug-likeness (QED) is 0.675. The molecule has 1 N–H and O–H groups in total. The summed E-state index contributed by atoms with van der Waals surface area (Å²) in [6.45, 7) is 1.92. The van der Waals surface area contributed by atoms with Crippen molar-refractivity contribution >= 4 is 23.0 Å². The van der Waals surface area contributed by atoms with Gasteiger partial charge in [-0.2, -0.15) is 0 Å². The standard InChI is InChI=1S/C14H12ClFN2O2/c1-9-5-6-10(7-13(9)18(19)20)8-17-14-11(15)3-2-4-12(14)16/h2-7,17H,8H2,1H3. The van der Waals surface area contributed by atoms with Crippen LogP contribution in [0.3, 0.4) is 0 Å². The van der Waals surface area contributed by atoms with Crippen molar-refractivity contribution in [1.82, 2.24) is 0 Å². The lowest BCUT2D eigenvalue weighted by molar-refractivity contribution is -0.385. The molecule has 2 rings (SSSR count). The molecule has 0 saturated carbocycles. The SMILES string of the molecule is Cc1ccc(CNc2c(F)cccc2Cl)cc1[N+](=O)[O-]. The fourth-order valence-corrected chi connectivity index (χ4v) is 2.05. The number of nitrogens with one attached hydrogen (secondary N) is 1. The number of para-hydroxylation sites is 1. The highest BCUT2D eigenvalue weighted by Crippen LogP contribution is 2.26. The van der Waals surface area contributed by atoms with Crippen molar-refractivity contribution in [3.05, 3.63) is 68.5 Å². The third kappa shape index (κ3) is 3.05. The number of nitrogens with zero attached hydrogens (tertiary/aromatic N) is 1. The number of nitro benzene ring substituents is 1. The minimum atomic E-state index is -0.459. The van der Waals surface area contributed by atoms with Crippen LogP contribution in [-0.2, 0) is 6.54 Å². The maximum Gasteiger partial charge on any atom is 0.272 e. The summed E-state index contributed by atoms with van der Waals surface area (Å²) in [5, 5.41) is 14.0. The summed E-state index contributed by atoms with van der Waals surface area (Å²) in [5.74, 6) is -0.459. The Morgan fingerprint density at radius 1 is 1.35 bits per heavy atom. The third-order valence-corrected chi connectivity index (χ3v) is 3.22. The van der Waals surface area contributed by atoms with Gasteiger partial charge in [-0.25, -0.2) is 4.39 Å². The third-order valence-electron chi connectivity index (χ3n) is 2.90. The second-order valence-electron chi connectivity index (χ2n) is 4.33. The lowest BCUT2D eigenvalue weighted by Gasteiger charge is -2.09. The molecule has 0 unspecified atom stereocenters. The van der Waals surface area contributed by atoms with Crippen molar-refractivity contribution in [2.24, 2.45) is 0 Å². The fraction of sp³-hybridized carbons (Fsp3) is 0.143. The average Bonchev–Trinajstić information content (AvgIpc) is 2.39. The summed E-state index contributed by atoms with van der Waals surface area (Å²) in [5.41, 5.74) is 1.51. The Labute approximate surface area is 120 Å². The van der Waals surface area contributed by atoms with E-state index in [0.717, 1.165) is 0 Å². The first-order valence-corrected chi connectivity index (χ1v) is 6.28.